The van der Waals surface area contributed by atoms with Crippen LogP contribution in [0.25, 0.3) is 10.2 Å². The van der Waals surface area contributed by atoms with Crippen LogP contribution in [0.4, 0.5) is 0 Å². The number of terminal acetylenes is 1. The number of pyridine rings is 1. The molecule has 100 valence electrons. The summed E-state index contributed by atoms with van der Waals surface area (Å²) in [5.41, 5.74) is 2.37. The predicted octanol–water partition coefficient (Wildman–Crippen LogP) is 4.14. The molecule has 19 heavy (non-hydrogen) atoms. The predicted molar refractivity (Wildman–Crippen MR) is 83.3 cm³/mol. The summed E-state index contributed by atoms with van der Waals surface area (Å²) in [5, 5.41) is 5.69. The number of rotatable bonds is 7. The van der Waals surface area contributed by atoms with E-state index < -0.39 is 0 Å². The number of nitrogens with zero attached hydrogens (tertiary/aromatic N) is 1. The third-order valence-electron chi connectivity index (χ3n) is 3.18. The molecule has 0 radical (unpaired) electrons. The van der Waals surface area contributed by atoms with Gasteiger partial charge in [0.05, 0.1) is 10.2 Å². The second kappa shape index (κ2) is 7.28. The van der Waals surface area contributed by atoms with Crippen LogP contribution in [0.2, 0.25) is 0 Å². The van der Waals surface area contributed by atoms with Crippen LogP contribution in [0.5, 0.6) is 0 Å². The zero-order valence-electron chi connectivity index (χ0n) is 11.4. The Morgan fingerprint density at radius 2 is 2.42 bits per heavy atom. The van der Waals surface area contributed by atoms with Crippen molar-refractivity contribution in [2.75, 3.05) is 6.54 Å². The first-order valence-corrected chi connectivity index (χ1v) is 7.73. The van der Waals surface area contributed by atoms with Crippen LogP contribution >= 0.6 is 11.3 Å². The normalized spacial score (nSPS) is 12.4. The Balaban J connectivity index is 2.12. The lowest BCUT2D eigenvalue weighted by atomic mass is 10.0. The van der Waals surface area contributed by atoms with Crippen LogP contribution in [-0.4, -0.2) is 11.5 Å². The lowest BCUT2D eigenvalue weighted by molar-refractivity contribution is 0.487. The summed E-state index contributed by atoms with van der Waals surface area (Å²) >= 11 is 1.75. The van der Waals surface area contributed by atoms with Gasteiger partial charge in [-0.1, -0.05) is 6.92 Å². The van der Waals surface area contributed by atoms with Crippen LogP contribution in [0.15, 0.2) is 23.7 Å². The molecule has 0 spiro atoms. The van der Waals surface area contributed by atoms with E-state index in [0.717, 1.165) is 37.7 Å². The molecule has 2 aromatic rings. The fourth-order valence-electron chi connectivity index (χ4n) is 2.17. The number of nitrogens with one attached hydrogen (secondary N) is 1. The van der Waals surface area contributed by atoms with E-state index >= 15 is 0 Å². The average Bonchev–Trinajstić information content (AvgIpc) is 2.90. The van der Waals surface area contributed by atoms with Gasteiger partial charge in [0.1, 0.15) is 0 Å². The fourth-order valence-corrected chi connectivity index (χ4v) is 2.95. The minimum Gasteiger partial charge on any atom is -0.310 e. The Labute approximate surface area is 119 Å². The maximum atomic E-state index is 5.33. The second-order valence-electron chi connectivity index (χ2n) is 4.68. The molecule has 0 saturated carbocycles. The van der Waals surface area contributed by atoms with Crippen molar-refractivity contribution in [1.29, 1.82) is 0 Å². The van der Waals surface area contributed by atoms with Crippen molar-refractivity contribution >= 4 is 21.6 Å². The van der Waals surface area contributed by atoms with Crippen LogP contribution in [0.1, 0.15) is 44.2 Å². The Hall–Kier alpha value is -1.37. The smallest absolute Gasteiger partial charge is 0.0809 e. The van der Waals surface area contributed by atoms with E-state index in [2.05, 4.69) is 40.7 Å². The van der Waals surface area contributed by atoms with Crippen LogP contribution < -0.4 is 5.32 Å². The molecule has 2 heterocycles. The van der Waals surface area contributed by atoms with Gasteiger partial charge in [-0.2, -0.15) is 0 Å². The molecule has 2 aromatic heterocycles. The molecule has 2 nitrogen and oxygen atoms in total. The van der Waals surface area contributed by atoms with Crippen LogP contribution in [0.3, 0.4) is 0 Å². The molecule has 2 rings (SSSR count). The minimum absolute atomic E-state index is 0.368. The number of aromatic nitrogens is 1. The van der Waals surface area contributed by atoms with E-state index in [-0.39, 0.29) is 0 Å². The average molecular weight is 272 g/mol. The Bertz CT molecular complexity index is 553. The Kier molecular flexibility index (Phi) is 5.38. The summed E-state index contributed by atoms with van der Waals surface area (Å²) in [6.45, 7) is 3.22. The van der Waals surface area contributed by atoms with Gasteiger partial charge in [-0.05, 0) is 48.9 Å². The van der Waals surface area contributed by atoms with Crippen LogP contribution in [0, 0.1) is 12.3 Å². The standard InChI is InChI=1S/C16H20N2S/c1-3-5-6-7-14(17-9-4-2)13-11-16-15(18-12-13)8-10-19-16/h1,8,10-12,14,17H,4-7,9H2,2H3. The van der Waals surface area contributed by atoms with E-state index in [9.17, 15) is 0 Å². The maximum absolute atomic E-state index is 5.33. The lowest BCUT2D eigenvalue weighted by Crippen LogP contribution is -2.22. The van der Waals surface area contributed by atoms with E-state index in [4.69, 9.17) is 6.42 Å². The summed E-state index contributed by atoms with van der Waals surface area (Å²) < 4.78 is 1.26. The summed E-state index contributed by atoms with van der Waals surface area (Å²) in [6, 6.07) is 4.69. The first-order chi connectivity index (χ1) is 9.35. The number of unbranched alkanes of at least 4 members (excludes halogenated alkanes) is 1. The number of hydrogen-bond donors (Lipinski definition) is 1. The fraction of sp³-hybridized carbons (Fsp3) is 0.438. The monoisotopic (exact) mass is 272 g/mol. The first kappa shape index (κ1) is 14.0. The van der Waals surface area contributed by atoms with E-state index in [1.54, 1.807) is 11.3 Å². The van der Waals surface area contributed by atoms with Crippen molar-refractivity contribution in [2.45, 2.75) is 38.6 Å². The topological polar surface area (TPSA) is 24.9 Å². The minimum atomic E-state index is 0.368. The highest BCUT2D eigenvalue weighted by Gasteiger charge is 2.11. The molecule has 1 atom stereocenters. The van der Waals surface area contributed by atoms with Crippen molar-refractivity contribution in [3.8, 4) is 12.3 Å². The van der Waals surface area contributed by atoms with Crippen LogP contribution in [-0.2, 0) is 0 Å². The molecule has 1 unspecified atom stereocenters. The number of fused-ring (bicyclic) bond motifs is 1. The van der Waals surface area contributed by atoms with E-state index in [1.807, 2.05) is 6.20 Å². The van der Waals surface area contributed by atoms with Gasteiger partial charge >= 0.3 is 0 Å². The van der Waals surface area contributed by atoms with Crippen molar-refractivity contribution in [2.24, 2.45) is 0 Å². The van der Waals surface area contributed by atoms with Crippen molar-refractivity contribution in [3.05, 3.63) is 29.3 Å². The zero-order chi connectivity index (χ0) is 13.5. The maximum Gasteiger partial charge on any atom is 0.0809 e. The SMILES string of the molecule is C#CCCCC(NCCC)c1cnc2ccsc2c1. The van der Waals surface area contributed by atoms with E-state index in [1.165, 1.54) is 10.3 Å². The Morgan fingerprint density at radius 1 is 1.53 bits per heavy atom. The van der Waals surface area contributed by atoms with Crippen molar-refractivity contribution < 1.29 is 0 Å². The van der Waals surface area contributed by atoms with E-state index in [0.29, 0.717) is 6.04 Å². The molecular weight excluding hydrogens is 252 g/mol. The molecule has 3 heteroatoms. The third kappa shape index (κ3) is 3.79. The zero-order valence-corrected chi connectivity index (χ0v) is 12.2. The van der Waals surface area contributed by atoms with Crippen molar-refractivity contribution in [1.82, 2.24) is 10.3 Å². The summed E-state index contributed by atoms with van der Waals surface area (Å²) in [4.78, 5) is 4.53. The quantitative estimate of drug-likeness (QED) is 0.605. The highest BCUT2D eigenvalue weighted by atomic mass is 32.1. The molecule has 0 aliphatic carbocycles. The van der Waals surface area contributed by atoms with Gasteiger partial charge in [-0.25, -0.2) is 0 Å². The highest BCUT2D eigenvalue weighted by Crippen LogP contribution is 2.25. The van der Waals surface area contributed by atoms with Crippen molar-refractivity contribution in [3.63, 3.8) is 0 Å². The van der Waals surface area contributed by atoms with Gasteiger partial charge in [0.15, 0.2) is 0 Å². The van der Waals surface area contributed by atoms with Gasteiger partial charge < -0.3 is 5.32 Å². The molecule has 0 aliphatic rings. The van der Waals surface area contributed by atoms with Gasteiger partial charge in [0.25, 0.3) is 0 Å². The molecule has 0 aliphatic heterocycles. The Morgan fingerprint density at radius 3 is 3.21 bits per heavy atom. The summed E-state index contributed by atoms with van der Waals surface area (Å²) in [6.07, 6.45) is 11.4. The molecule has 0 bridgehead atoms. The molecule has 1 N–H and O–H groups in total. The molecule has 0 amide bonds. The first-order valence-electron chi connectivity index (χ1n) is 6.85. The number of thiophene rings is 1. The highest BCUT2D eigenvalue weighted by molar-refractivity contribution is 7.17. The third-order valence-corrected chi connectivity index (χ3v) is 4.03. The molecule has 0 fully saturated rings. The van der Waals surface area contributed by atoms with Gasteiger partial charge in [-0.3, -0.25) is 4.98 Å². The number of hydrogen-bond acceptors (Lipinski definition) is 3. The summed E-state index contributed by atoms with van der Waals surface area (Å²) in [7, 11) is 0. The lowest BCUT2D eigenvalue weighted by Gasteiger charge is -2.18. The largest absolute Gasteiger partial charge is 0.310 e. The molecule has 0 aromatic carbocycles. The summed E-state index contributed by atoms with van der Waals surface area (Å²) in [5.74, 6) is 2.71. The second-order valence-corrected chi connectivity index (χ2v) is 5.62. The van der Waals surface area contributed by atoms with Gasteiger partial charge in [-0.15, -0.1) is 23.7 Å². The molecular formula is C16H20N2S. The molecule has 0 saturated heterocycles. The van der Waals surface area contributed by atoms with Gasteiger partial charge in [0.2, 0.25) is 0 Å². The van der Waals surface area contributed by atoms with Gasteiger partial charge in [0, 0.05) is 18.7 Å².